The highest BCUT2D eigenvalue weighted by Gasteiger charge is 2.25. The molecule has 0 spiro atoms. The molecule has 0 aliphatic rings. The van der Waals surface area contributed by atoms with Crippen molar-refractivity contribution in [2.45, 2.75) is 53.1 Å². The molecule has 0 saturated carbocycles. The third-order valence-corrected chi connectivity index (χ3v) is 3.35. The van der Waals surface area contributed by atoms with Crippen LogP contribution in [-0.4, -0.2) is 29.3 Å². The second-order valence-electron chi connectivity index (χ2n) is 7.07. The first-order valence-electron chi connectivity index (χ1n) is 8.37. The number of anilines is 1. The Morgan fingerprint density at radius 3 is 2.36 bits per heavy atom. The van der Waals surface area contributed by atoms with E-state index in [4.69, 9.17) is 9.47 Å². The predicted molar refractivity (Wildman–Crippen MR) is 97.4 cm³/mol. The summed E-state index contributed by atoms with van der Waals surface area (Å²) in [6.07, 6.45) is 1.06. The molecule has 0 radical (unpaired) electrons. The highest BCUT2D eigenvalue weighted by atomic mass is 16.6. The Kier molecular flexibility index (Phi) is 7.15. The lowest BCUT2D eigenvalue weighted by molar-refractivity contribution is -0.138. The first-order valence-corrected chi connectivity index (χ1v) is 8.37. The third kappa shape index (κ3) is 6.57. The molecule has 1 heterocycles. The third-order valence-electron chi connectivity index (χ3n) is 3.35. The van der Waals surface area contributed by atoms with Gasteiger partial charge in [-0.15, -0.1) is 0 Å². The second kappa shape index (κ2) is 8.65. The molecule has 0 aromatic carbocycles. The van der Waals surface area contributed by atoms with E-state index in [0.717, 1.165) is 5.56 Å². The second-order valence-corrected chi connectivity index (χ2v) is 7.07. The molecule has 25 heavy (non-hydrogen) atoms. The quantitative estimate of drug-likeness (QED) is 0.613. The van der Waals surface area contributed by atoms with Crippen LogP contribution in [0.3, 0.4) is 0 Å². The number of hydrogen-bond donors (Lipinski definition) is 1. The van der Waals surface area contributed by atoms with Gasteiger partial charge in [0.1, 0.15) is 11.4 Å². The molecule has 1 unspecified atom stereocenters. The Morgan fingerprint density at radius 2 is 1.92 bits per heavy atom. The van der Waals surface area contributed by atoms with Crippen molar-refractivity contribution < 1.29 is 19.1 Å². The van der Waals surface area contributed by atoms with Crippen LogP contribution in [0, 0.1) is 5.92 Å². The van der Waals surface area contributed by atoms with Crippen molar-refractivity contribution in [3.8, 4) is 0 Å². The molecule has 0 saturated heterocycles. The minimum atomic E-state index is -0.579. The number of nitrogens with zero attached hydrogens (tertiary/aromatic N) is 1. The number of pyridine rings is 1. The molecule has 0 aliphatic heterocycles. The van der Waals surface area contributed by atoms with Crippen molar-refractivity contribution in [2.24, 2.45) is 5.92 Å². The summed E-state index contributed by atoms with van der Waals surface area (Å²) in [5.41, 5.74) is 0.652. The fourth-order valence-corrected chi connectivity index (χ4v) is 2.41. The summed E-state index contributed by atoms with van der Waals surface area (Å²) in [4.78, 5) is 28.0. The Bertz CT molecular complexity index is 615. The van der Waals surface area contributed by atoms with Crippen molar-refractivity contribution in [3.63, 3.8) is 0 Å². The Balaban J connectivity index is 2.89. The van der Waals surface area contributed by atoms with Crippen molar-refractivity contribution in [1.29, 1.82) is 0 Å². The molecule has 0 aliphatic carbocycles. The minimum absolute atomic E-state index is 0.142. The number of amides is 1. The standard InChI is InChI=1S/C19H28N2O4/c1-8-24-17(22)13(4)16(12(2)3)14-9-10-15(20-11-14)21-18(23)25-19(5,6)7/h9-12,16H,4,8H2,1-3,5-7H3,(H,20,21,23). The lowest BCUT2D eigenvalue weighted by Crippen LogP contribution is -2.27. The number of rotatable bonds is 6. The number of ether oxygens (including phenoxy) is 2. The first-order chi connectivity index (χ1) is 11.5. The number of aromatic nitrogens is 1. The SMILES string of the molecule is C=C(C(=O)OCC)C(c1ccc(NC(=O)OC(C)(C)C)nc1)C(C)C. The monoisotopic (exact) mass is 348 g/mol. The van der Waals surface area contributed by atoms with Gasteiger partial charge in [-0.25, -0.2) is 14.6 Å². The number of nitrogens with one attached hydrogen (secondary N) is 1. The largest absolute Gasteiger partial charge is 0.463 e. The topological polar surface area (TPSA) is 77.5 Å². The molecule has 1 amide bonds. The number of carbonyl (C=O) groups is 2. The van der Waals surface area contributed by atoms with Crippen molar-refractivity contribution in [2.75, 3.05) is 11.9 Å². The summed E-state index contributed by atoms with van der Waals surface area (Å²) >= 11 is 0. The van der Waals surface area contributed by atoms with E-state index in [-0.39, 0.29) is 11.8 Å². The van der Waals surface area contributed by atoms with Gasteiger partial charge < -0.3 is 9.47 Å². The molecular formula is C19H28N2O4. The van der Waals surface area contributed by atoms with Gasteiger partial charge in [0.05, 0.1) is 6.61 Å². The predicted octanol–water partition coefficient (Wildman–Crippen LogP) is 4.29. The van der Waals surface area contributed by atoms with Crippen molar-refractivity contribution in [1.82, 2.24) is 4.98 Å². The molecular weight excluding hydrogens is 320 g/mol. The van der Waals surface area contributed by atoms with Crippen LogP contribution < -0.4 is 5.32 Å². The first kappa shape index (κ1) is 20.7. The molecule has 1 atom stereocenters. The molecule has 1 N–H and O–H groups in total. The fraction of sp³-hybridized carbons (Fsp3) is 0.526. The van der Waals surface area contributed by atoms with E-state index in [0.29, 0.717) is 18.0 Å². The number of hydrogen-bond acceptors (Lipinski definition) is 5. The molecule has 1 aromatic rings. The van der Waals surface area contributed by atoms with Crippen LogP contribution in [0.15, 0.2) is 30.5 Å². The van der Waals surface area contributed by atoms with Crippen LogP contribution in [0.1, 0.15) is 53.0 Å². The number of esters is 1. The van der Waals surface area contributed by atoms with Crippen LogP contribution in [0.5, 0.6) is 0 Å². The zero-order valence-corrected chi connectivity index (χ0v) is 15.9. The lowest BCUT2D eigenvalue weighted by Gasteiger charge is -2.23. The van der Waals surface area contributed by atoms with Crippen LogP contribution in [0.2, 0.25) is 0 Å². The van der Waals surface area contributed by atoms with Crippen molar-refractivity contribution >= 4 is 17.9 Å². The fourth-order valence-electron chi connectivity index (χ4n) is 2.41. The highest BCUT2D eigenvalue weighted by Crippen LogP contribution is 2.31. The van der Waals surface area contributed by atoms with E-state index in [1.807, 2.05) is 19.9 Å². The van der Waals surface area contributed by atoms with Crippen molar-refractivity contribution in [3.05, 3.63) is 36.0 Å². The van der Waals surface area contributed by atoms with Gasteiger partial charge in [0, 0.05) is 17.7 Å². The van der Waals surface area contributed by atoms with E-state index in [1.165, 1.54) is 0 Å². The van der Waals surface area contributed by atoms with Gasteiger partial charge in [0.25, 0.3) is 0 Å². The summed E-state index contributed by atoms with van der Waals surface area (Å²) < 4.78 is 10.2. The van der Waals surface area contributed by atoms with Gasteiger partial charge in [0.2, 0.25) is 0 Å². The summed E-state index contributed by atoms with van der Waals surface area (Å²) in [5.74, 6) is -0.0927. The molecule has 6 nitrogen and oxygen atoms in total. The van der Waals surface area contributed by atoms with E-state index in [1.54, 1.807) is 40.0 Å². The van der Waals surface area contributed by atoms with Gasteiger partial charge in [0.15, 0.2) is 0 Å². The normalized spacial score (nSPS) is 12.4. The van der Waals surface area contributed by atoms with E-state index in [2.05, 4.69) is 16.9 Å². The maximum atomic E-state index is 12.0. The van der Waals surface area contributed by atoms with Gasteiger partial charge in [-0.3, -0.25) is 5.32 Å². The van der Waals surface area contributed by atoms with E-state index < -0.39 is 17.7 Å². The Hall–Kier alpha value is -2.37. The Labute approximate surface area is 149 Å². The number of carbonyl (C=O) groups excluding carboxylic acids is 2. The Morgan fingerprint density at radius 1 is 1.28 bits per heavy atom. The smallest absolute Gasteiger partial charge is 0.413 e. The molecule has 0 fully saturated rings. The zero-order valence-electron chi connectivity index (χ0n) is 15.9. The van der Waals surface area contributed by atoms with Gasteiger partial charge in [-0.2, -0.15) is 0 Å². The molecule has 6 heteroatoms. The van der Waals surface area contributed by atoms with E-state index in [9.17, 15) is 9.59 Å². The van der Waals surface area contributed by atoms with Crippen LogP contribution >= 0.6 is 0 Å². The summed E-state index contributed by atoms with van der Waals surface area (Å²) in [6, 6.07) is 3.49. The average molecular weight is 348 g/mol. The van der Waals surface area contributed by atoms with Gasteiger partial charge in [-0.05, 0) is 45.2 Å². The summed E-state index contributed by atoms with van der Waals surface area (Å²) in [5, 5.41) is 2.58. The van der Waals surface area contributed by atoms with E-state index >= 15 is 0 Å². The average Bonchev–Trinajstić information content (AvgIpc) is 2.47. The molecule has 0 bridgehead atoms. The molecule has 138 valence electrons. The lowest BCUT2D eigenvalue weighted by atomic mass is 9.83. The van der Waals surface area contributed by atoms with Gasteiger partial charge in [-0.1, -0.05) is 26.5 Å². The molecule has 1 rings (SSSR count). The maximum absolute atomic E-state index is 12.0. The van der Waals surface area contributed by atoms with Gasteiger partial charge >= 0.3 is 12.1 Å². The molecule has 1 aromatic heterocycles. The van der Waals surface area contributed by atoms with Crippen LogP contribution in [-0.2, 0) is 14.3 Å². The van der Waals surface area contributed by atoms with Crippen LogP contribution in [0.4, 0.5) is 10.6 Å². The van der Waals surface area contributed by atoms with Crippen LogP contribution in [0.25, 0.3) is 0 Å². The minimum Gasteiger partial charge on any atom is -0.463 e. The highest BCUT2D eigenvalue weighted by molar-refractivity contribution is 5.89. The summed E-state index contributed by atoms with van der Waals surface area (Å²) in [6.45, 7) is 15.3. The maximum Gasteiger partial charge on any atom is 0.413 e. The summed E-state index contributed by atoms with van der Waals surface area (Å²) in [7, 11) is 0. The zero-order chi connectivity index (χ0) is 19.2.